The summed E-state index contributed by atoms with van der Waals surface area (Å²) in [6.45, 7) is 9.20. The van der Waals surface area contributed by atoms with Crippen LogP contribution in [0.25, 0.3) is 0 Å². The molecule has 0 aromatic heterocycles. The van der Waals surface area contributed by atoms with Gasteiger partial charge in [0.1, 0.15) is 11.6 Å². The highest BCUT2D eigenvalue weighted by atomic mass is 16.6. The van der Waals surface area contributed by atoms with Crippen molar-refractivity contribution in [2.45, 2.75) is 51.7 Å². The minimum atomic E-state index is -0.778. The average Bonchev–Trinajstić information content (AvgIpc) is 2.64. The van der Waals surface area contributed by atoms with Gasteiger partial charge in [0, 0.05) is 12.1 Å². The van der Waals surface area contributed by atoms with Gasteiger partial charge in [-0.3, -0.25) is 9.79 Å². The summed E-state index contributed by atoms with van der Waals surface area (Å²) < 4.78 is 9.92. The lowest BCUT2D eigenvalue weighted by molar-refractivity contribution is -0.143. The Bertz CT molecular complexity index is 697. The van der Waals surface area contributed by atoms with Crippen LogP contribution in [0, 0.1) is 0 Å². The molecule has 8 heteroatoms. The predicted molar refractivity (Wildman–Crippen MR) is 107 cm³/mol. The maximum Gasteiger partial charge on any atom is 0.407 e. The largest absolute Gasteiger partial charge is 0.467 e. The number of rotatable bonds is 9. The fraction of sp³-hybridized carbons (Fsp3) is 0.500. The van der Waals surface area contributed by atoms with Gasteiger partial charge in [-0.05, 0) is 65.0 Å². The number of hydrogen-bond donors (Lipinski definition) is 2. The SMILES string of the molecule is C=Nc1cccc(C(=O)N[C@@H](CCCCNC(=O)OC(C)(C)C)C(=O)OC)c1. The molecule has 1 rings (SSSR count). The van der Waals surface area contributed by atoms with Crippen molar-refractivity contribution in [3.63, 3.8) is 0 Å². The normalized spacial score (nSPS) is 11.9. The Kier molecular flexibility index (Phi) is 9.14. The van der Waals surface area contributed by atoms with E-state index in [1.807, 2.05) is 0 Å². The molecule has 1 aromatic rings. The molecule has 2 N–H and O–H groups in total. The predicted octanol–water partition coefficient (Wildman–Crippen LogP) is 2.99. The van der Waals surface area contributed by atoms with Crippen molar-refractivity contribution >= 4 is 30.4 Å². The van der Waals surface area contributed by atoms with Crippen molar-refractivity contribution in [2.24, 2.45) is 4.99 Å². The summed E-state index contributed by atoms with van der Waals surface area (Å²) >= 11 is 0. The number of aliphatic imine (C=N–C) groups is 1. The monoisotopic (exact) mass is 391 g/mol. The zero-order valence-electron chi connectivity index (χ0n) is 16.9. The number of carbonyl (C=O) groups is 3. The molecule has 0 heterocycles. The molecule has 0 spiro atoms. The van der Waals surface area contributed by atoms with Crippen molar-refractivity contribution in [2.75, 3.05) is 13.7 Å². The molecule has 28 heavy (non-hydrogen) atoms. The standard InChI is InChI=1S/C20H29N3O5/c1-20(2,3)28-19(26)22-12-7-6-11-16(18(25)27-5)23-17(24)14-9-8-10-15(13-14)21-4/h8-10,13,16H,4,6-7,11-12H2,1-3,5H3,(H,22,26)(H,23,24)/t16-/m0/s1. The minimum absolute atomic E-state index is 0.380. The van der Waals surface area contributed by atoms with Gasteiger partial charge in [-0.1, -0.05) is 6.07 Å². The summed E-state index contributed by atoms with van der Waals surface area (Å²) in [7, 11) is 1.27. The Labute approximate surface area is 165 Å². The van der Waals surface area contributed by atoms with Crippen LogP contribution in [0.2, 0.25) is 0 Å². The molecule has 1 atom stereocenters. The van der Waals surface area contributed by atoms with Gasteiger partial charge in [0.15, 0.2) is 0 Å². The summed E-state index contributed by atoms with van der Waals surface area (Å²) in [5, 5.41) is 5.33. The molecular weight excluding hydrogens is 362 g/mol. The van der Waals surface area contributed by atoms with Crippen molar-refractivity contribution in [3.05, 3.63) is 29.8 Å². The van der Waals surface area contributed by atoms with Gasteiger partial charge < -0.3 is 20.1 Å². The third-order valence-corrected chi connectivity index (χ3v) is 3.67. The Balaban J connectivity index is 2.51. The first kappa shape index (κ1) is 23.1. The van der Waals surface area contributed by atoms with Gasteiger partial charge in [0.25, 0.3) is 5.91 Å². The van der Waals surface area contributed by atoms with Crippen LogP contribution < -0.4 is 10.6 Å². The van der Waals surface area contributed by atoms with Gasteiger partial charge in [-0.25, -0.2) is 9.59 Å². The molecule has 8 nitrogen and oxygen atoms in total. The highest BCUT2D eigenvalue weighted by Crippen LogP contribution is 2.14. The molecule has 154 valence electrons. The Morgan fingerprint density at radius 1 is 1.21 bits per heavy atom. The van der Waals surface area contributed by atoms with E-state index in [0.29, 0.717) is 37.1 Å². The van der Waals surface area contributed by atoms with Crippen LogP contribution in [0.3, 0.4) is 0 Å². The first-order valence-corrected chi connectivity index (χ1v) is 9.08. The third kappa shape index (κ3) is 8.66. The number of methoxy groups -OCH3 is 1. The van der Waals surface area contributed by atoms with Crippen LogP contribution in [0.4, 0.5) is 10.5 Å². The first-order valence-electron chi connectivity index (χ1n) is 9.08. The minimum Gasteiger partial charge on any atom is -0.467 e. The van der Waals surface area contributed by atoms with E-state index in [9.17, 15) is 14.4 Å². The van der Waals surface area contributed by atoms with Crippen molar-refractivity contribution < 1.29 is 23.9 Å². The van der Waals surface area contributed by atoms with E-state index in [1.54, 1.807) is 45.0 Å². The molecule has 0 radical (unpaired) electrons. The topological polar surface area (TPSA) is 106 Å². The van der Waals surface area contributed by atoms with Crippen LogP contribution in [-0.2, 0) is 14.3 Å². The number of ether oxygens (including phenoxy) is 2. The van der Waals surface area contributed by atoms with Crippen molar-refractivity contribution in [1.29, 1.82) is 0 Å². The van der Waals surface area contributed by atoms with Gasteiger partial charge in [-0.2, -0.15) is 0 Å². The van der Waals surface area contributed by atoms with E-state index >= 15 is 0 Å². The third-order valence-electron chi connectivity index (χ3n) is 3.67. The Morgan fingerprint density at radius 3 is 2.54 bits per heavy atom. The van der Waals surface area contributed by atoms with Crippen LogP contribution >= 0.6 is 0 Å². The molecule has 2 amide bonds. The number of carbonyl (C=O) groups excluding carboxylic acids is 3. The van der Waals surface area contributed by atoms with Gasteiger partial charge in [0.05, 0.1) is 12.8 Å². The van der Waals surface area contributed by atoms with Gasteiger partial charge in [0.2, 0.25) is 0 Å². The first-order chi connectivity index (χ1) is 13.2. The van der Waals surface area contributed by atoms with Crippen molar-refractivity contribution in [1.82, 2.24) is 10.6 Å². The molecule has 0 aliphatic rings. The summed E-state index contributed by atoms with van der Waals surface area (Å²) in [5.41, 5.74) is 0.392. The van der Waals surface area contributed by atoms with Crippen LogP contribution in [-0.4, -0.2) is 50.0 Å². The second kappa shape index (κ2) is 11.1. The second-order valence-electron chi connectivity index (χ2n) is 7.18. The summed E-state index contributed by atoms with van der Waals surface area (Å²) in [6.07, 6.45) is 1.12. The zero-order valence-corrected chi connectivity index (χ0v) is 16.9. The average molecular weight is 391 g/mol. The van der Waals surface area contributed by atoms with E-state index in [0.717, 1.165) is 0 Å². The van der Waals surface area contributed by atoms with Crippen LogP contribution in [0.5, 0.6) is 0 Å². The Hall–Kier alpha value is -2.90. The lowest BCUT2D eigenvalue weighted by atomic mass is 10.1. The molecule has 0 fully saturated rings. The van der Waals surface area contributed by atoms with E-state index in [1.165, 1.54) is 7.11 Å². The van der Waals surface area contributed by atoms with Crippen LogP contribution in [0.1, 0.15) is 50.4 Å². The number of alkyl carbamates (subject to hydrolysis) is 1. The highest BCUT2D eigenvalue weighted by Gasteiger charge is 2.22. The lowest BCUT2D eigenvalue weighted by Crippen LogP contribution is -2.41. The summed E-state index contributed by atoms with van der Waals surface area (Å²) in [6, 6.07) is 5.84. The number of unbranched alkanes of at least 4 members (excludes halogenated alkanes) is 1. The number of esters is 1. The lowest BCUT2D eigenvalue weighted by Gasteiger charge is -2.20. The van der Waals surface area contributed by atoms with E-state index < -0.39 is 29.6 Å². The molecule has 0 saturated carbocycles. The quantitative estimate of drug-likeness (QED) is 0.382. The molecule has 1 aromatic carbocycles. The number of hydrogen-bond acceptors (Lipinski definition) is 6. The van der Waals surface area contributed by atoms with E-state index in [-0.39, 0.29) is 0 Å². The fourth-order valence-electron chi connectivity index (χ4n) is 2.36. The number of nitrogens with one attached hydrogen (secondary N) is 2. The summed E-state index contributed by atoms with van der Waals surface area (Å²) in [5.74, 6) is -0.917. The molecule has 0 aliphatic heterocycles. The summed E-state index contributed by atoms with van der Waals surface area (Å²) in [4.78, 5) is 39.7. The van der Waals surface area contributed by atoms with E-state index in [2.05, 4.69) is 22.3 Å². The molecule has 0 unspecified atom stereocenters. The zero-order chi connectivity index (χ0) is 21.2. The fourth-order valence-corrected chi connectivity index (χ4v) is 2.36. The molecular formula is C20H29N3O5. The number of amides is 2. The highest BCUT2D eigenvalue weighted by molar-refractivity contribution is 5.97. The molecule has 0 bridgehead atoms. The molecule has 0 aliphatic carbocycles. The number of nitrogens with zero attached hydrogens (tertiary/aromatic N) is 1. The van der Waals surface area contributed by atoms with Crippen LogP contribution in [0.15, 0.2) is 29.3 Å². The van der Waals surface area contributed by atoms with Gasteiger partial charge in [-0.15, -0.1) is 0 Å². The maximum absolute atomic E-state index is 12.4. The van der Waals surface area contributed by atoms with Crippen molar-refractivity contribution in [3.8, 4) is 0 Å². The smallest absolute Gasteiger partial charge is 0.407 e. The maximum atomic E-state index is 12.4. The Morgan fingerprint density at radius 2 is 1.93 bits per heavy atom. The second-order valence-corrected chi connectivity index (χ2v) is 7.18. The van der Waals surface area contributed by atoms with E-state index in [4.69, 9.17) is 9.47 Å². The van der Waals surface area contributed by atoms with Gasteiger partial charge >= 0.3 is 12.1 Å². The number of benzene rings is 1. The molecule has 0 saturated heterocycles.